The van der Waals surface area contributed by atoms with Gasteiger partial charge in [0.25, 0.3) is 0 Å². The largest absolute Gasteiger partial charge is 0.465 e. The predicted octanol–water partition coefficient (Wildman–Crippen LogP) is 4.56. The highest BCUT2D eigenvalue weighted by Crippen LogP contribution is 2.32. The summed E-state index contributed by atoms with van der Waals surface area (Å²) in [5.41, 5.74) is 2.48. The van der Waals surface area contributed by atoms with E-state index < -0.39 is 17.7 Å². The number of esters is 1. The van der Waals surface area contributed by atoms with Gasteiger partial charge in [-0.2, -0.15) is 18.3 Å². The molecular formula is C19H15F3N2O2. The first kappa shape index (κ1) is 17.7. The third-order valence-electron chi connectivity index (χ3n) is 3.99. The molecule has 7 heteroatoms. The van der Waals surface area contributed by atoms with Gasteiger partial charge in [-0.05, 0) is 35.9 Å². The fourth-order valence-corrected chi connectivity index (χ4v) is 2.60. The van der Waals surface area contributed by atoms with Gasteiger partial charge < -0.3 is 4.74 Å². The van der Waals surface area contributed by atoms with Gasteiger partial charge in [-0.25, -0.2) is 4.79 Å². The molecule has 0 aliphatic carbocycles. The molecule has 4 nitrogen and oxygen atoms in total. The lowest BCUT2D eigenvalue weighted by Gasteiger charge is -2.07. The lowest BCUT2D eigenvalue weighted by molar-refractivity contribution is -0.137. The van der Waals surface area contributed by atoms with Crippen molar-refractivity contribution in [2.75, 3.05) is 7.11 Å². The first-order valence-corrected chi connectivity index (χ1v) is 7.70. The van der Waals surface area contributed by atoms with Gasteiger partial charge in [0.15, 0.2) is 0 Å². The Hall–Kier alpha value is -3.09. The van der Waals surface area contributed by atoms with Gasteiger partial charge in [0.05, 0.1) is 29.6 Å². The minimum absolute atomic E-state index is 0.426. The van der Waals surface area contributed by atoms with Crippen LogP contribution in [0.5, 0.6) is 0 Å². The number of ether oxygens (including phenoxy) is 1. The minimum Gasteiger partial charge on any atom is -0.465 e. The third kappa shape index (κ3) is 3.46. The summed E-state index contributed by atoms with van der Waals surface area (Å²) in [5, 5.41) is 4.40. The number of nitrogens with zero attached hydrogens (tertiary/aromatic N) is 2. The zero-order valence-electron chi connectivity index (χ0n) is 14.0. The molecule has 0 fully saturated rings. The molecule has 3 rings (SSSR count). The molecule has 26 heavy (non-hydrogen) atoms. The molecule has 2 aromatic carbocycles. The van der Waals surface area contributed by atoms with Crippen molar-refractivity contribution >= 4 is 5.97 Å². The fraction of sp³-hybridized carbons (Fsp3) is 0.158. The number of hydrogen-bond acceptors (Lipinski definition) is 3. The van der Waals surface area contributed by atoms with Crippen LogP contribution in [0.15, 0.2) is 54.6 Å². The Balaban J connectivity index is 1.91. The molecule has 0 radical (unpaired) electrons. The summed E-state index contributed by atoms with van der Waals surface area (Å²) < 4.78 is 44.3. The van der Waals surface area contributed by atoms with Crippen LogP contribution in [0.4, 0.5) is 13.2 Å². The summed E-state index contributed by atoms with van der Waals surface area (Å²) in [6.45, 7) is 0. The molecule has 0 aliphatic heterocycles. The summed E-state index contributed by atoms with van der Waals surface area (Å²) in [4.78, 5) is 11.5. The van der Waals surface area contributed by atoms with E-state index in [1.54, 1.807) is 42.1 Å². The number of alkyl halides is 3. The Morgan fingerprint density at radius 2 is 1.58 bits per heavy atom. The third-order valence-corrected chi connectivity index (χ3v) is 3.99. The zero-order chi connectivity index (χ0) is 18.9. The van der Waals surface area contributed by atoms with E-state index in [0.717, 1.165) is 17.7 Å². The van der Waals surface area contributed by atoms with Crippen molar-refractivity contribution in [1.82, 2.24) is 9.78 Å². The molecule has 0 saturated heterocycles. The Bertz CT molecular complexity index is 927. The Kier molecular flexibility index (Phi) is 4.54. The number of benzene rings is 2. The second-order valence-corrected chi connectivity index (χ2v) is 5.68. The summed E-state index contributed by atoms with van der Waals surface area (Å²) in [6.07, 6.45) is -4.36. The maximum Gasteiger partial charge on any atom is 0.416 e. The first-order chi connectivity index (χ1) is 12.3. The van der Waals surface area contributed by atoms with Crippen molar-refractivity contribution in [1.29, 1.82) is 0 Å². The van der Waals surface area contributed by atoms with Crippen LogP contribution >= 0.6 is 0 Å². The molecule has 1 heterocycles. The number of carbonyl (C=O) groups is 1. The topological polar surface area (TPSA) is 44.1 Å². The van der Waals surface area contributed by atoms with Crippen LogP contribution in [-0.4, -0.2) is 22.9 Å². The minimum atomic E-state index is -4.36. The van der Waals surface area contributed by atoms with Crippen LogP contribution in [0.25, 0.3) is 22.5 Å². The van der Waals surface area contributed by atoms with E-state index in [-0.39, 0.29) is 0 Å². The maximum atomic E-state index is 12.7. The molecule has 0 N–H and O–H groups in total. The standard InChI is InChI=1S/C19H15F3N2O2/c1-24-17(13-7-9-15(10-8-13)19(20,21)22)11-16(23-24)12-3-5-14(6-4-12)18(25)26-2/h3-11H,1-2H3. The average molecular weight is 360 g/mol. The molecule has 1 aromatic heterocycles. The van der Waals surface area contributed by atoms with Crippen molar-refractivity contribution in [3.63, 3.8) is 0 Å². The summed E-state index contributed by atoms with van der Waals surface area (Å²) in [6, 6.07) is 13.5. The number of halogens is 3. The van der Waals surface area contributed by atoms with Gasteiger partial charge in [-0.1, -0.05) is 24.3 Å². The van der Waals surface area contributed by atoms with Gasteiger partial charge in [-0.3, -0.25) is 4.68 Å². The second-order valence-electron chi connectivity index (χ2n) is 5.68. The lowest BCUT2D eigenvalue weighted by atomic mass is 10.1. The molecule has 0 amide bonds. The van der Waals surface area contributed by atoms with E-state index in [4.69, 9.17) is 0 Å². The van der Waals surface area contributed by atoms with Crippen LogP contribution in [-0.2, 0) is 18.0 Å². The van der Waals surface area contributed by atoms with Crippen molar-refractivity contribution < 1.29 is 22.7 Å². The smallest absolute Gasteiger partial charge is 0.416 e. The molecule has 0 spiro atoms. The Labute approximate surface area is 147 Å². The Morgan fingerprint density at radius 1 is 1.00 bits per heavy atom. The number of aryl methyl sites for hydroxylation is 1. The summed E-state index contributed by atoms with van der Waals surface area (Å²) in [7, 11) is 3.03. The van der Waals surface area contributed by atoms with Gasteiger partial charge in [-0.15, -0.1) is 0 Å². The first-order valence-electron chi connectivity index (χ1n) is 7.70. The van der Waals surface area contributed by atoms with E-state index in [2.05, 4.69) is 9.84 Å². The maximum absolute atomic E-state index is 12.7. The van der Waals surface area contributed by atoms with Crippen molar-refractivity contribution in [2.45, 2.75) is 6.18 Å². The number of aromatic nitrogens is 2. The highest BCUT2D eigenvalue weighted by molar-refractivity contribution is 5.89. The van der Waals surface area contributed by atoms with Crippen LogP contribution in [0.1, 0.15) is 15.9 Å². The van der Waals surface area contributed by atoms with Crippen molar-refractivity contribution in [2.24, 2.45) is 7.05 Å². The lowest BCUT2D eigenvalue weighted by Crippen LogP contribution is -2.04. The highest BCUT2D eigenvalue weighted by atomic mass is 19.4. The average Bonchev–Trinajstić information content (AvgIpc) is 3.02. The molecule has 0 unspecified atom stereocenters. The predicted molar refractivity (Wildman–Crippen MR) is 90.4 cm³/mol. The SMILES string of the molecule is COC(=O)c1ccc(-c2cc(-c3ccc(C(F)(F)F)cc3)n(C)n2)cc1. The summed E-state index contributed by atoms with van der Waals surface area (Å²) in [5.74, 6) is -0.428. The van der Waals surface area contributed by atoms with E-state index in [1.807, 2.05) is 0 Å². The molecule has 0 aliphatic rings. The van der Waals surface area contributed by atoms with Crippen LogP contribution in [0.3, 0.4) is 0 Å². The van der Waals surface area contributed by atoms with E-state index in [0.29, 0.717) is 22.5 Å². The molecule has 3 aromatic rings. The highest BCUT2D eigenvalue weighted by Gasteiger charge is 2.30. The van der Waals surface area contributed by atoms with Gasteiger partial charge >= 0.3 is 12.1 Å². The normalized spacial score (nSPS) is 11.4. The zero-order valence-corrected chi connectivity index (χ0v) is 14.0. The van der Waals surface area contributed by atoms with E-state index in [9.17, 15) is 18.0 Å². The number of carbonyl (C=O) groups excluding carboxylic acids is 1. The monoisotopic (exact) mass is 360 g/mol. The molecule has 134 valence electrons. The molecule has 0 saturated carbocycles. The van der Waals surface area contributed by atoms with E-state index >= 15 is 0 Å². The Morgan fingerprint density at radius 3 is 2.12 bits per heavy atom. The quantitative estimate of drug-likeness (QED) is 0.643. The van der Waals surface area contributed by atoms with Crippen molar-refractivity contribution in [3.8, 4) is 22.5 Å². The van der Waals surface area contributed by atoms with Gasteiger partial charge in [0.2, 0.25) is 0 Å². The van der Waals surface area contributed by atoms with Crippen molar-refractivity contribution in [3.05, 3.63) is 65.7 Å². The molecular weight excluding hydrogens is 345 g/mol. The van der Waals surface area contributed by atoms with E-state index in [1.165, 1.54) is 19.2 Å². The second kappa shape index (κ2) is 6.67. The molecule has 0 bridgehead atoms. The number of hydrogen-bond donors (Lipinski definition) is 0. The number of methoxy groups -OCH3 is 1. The van der Waals surface area contributed by atoms with Crippen LogP contribution in [0.2, 0.25) is 0 Å². The molecule has 0 atom stereocenters. The fourth-order valence-electron chi connectivity index (χ4n) is 2.60. The van der Waals surface area contributed by atoms with Gasteiger partial charge in [0.1, 0.15) is 0 Å². The van der Waals surface area contributed by atoms with Crippen LogP contribution in [0, 0.1) is 0 Å². The van der Waals surface area contributed by atoms with Gasteiger partial charge in [0, 0.05) is 12.6 Å². The summed E-state index contributed by atoms with van der Waals surface area (Å²) >= 11 is 0. The number of rotatable bonds is 3. The van der Waals surface area contributed by atoms with Crippen LogP contribution < -0.4 is 0 Å².